The summed E-state index contributed by atoms with van der Waals surface area (Å²) in [6.45, 7) is 2.48. The van der Waals surface area contributed by atoms with Gasteiger partial charge in [0.15, 0.2) is 0 Å². The number of amides is 1. The molecule has 0 bridgehead atoms. The third-order valence-corrected chi connectivity index (χ3v) is 5.74. The molecule has 29 heavy (non-hydrogen) atoms. The highest BCUT2D eigenvalue weighted by atomic mass is 32.1. The average Bonchev–Trinajstić information content (AvgIpc) is 3.35. The highest BCUT2D eigenvalue weighted by Crippen LogP contribution is 2.34. The van der Waals surface area contributed by atoms with Crippen LogP contribution in [-0.4, -0.2) is 33.7 Å². The van der Waals surface area contributed by atoms with Crippen LogP contribution in [-0.2, 0) is 6.61 Å². The van der Waals surface area contributed by atoms with E-state index in [2.05, 4.69) is 10.3 Å². The Balaban J connectivity index is 1.68. The van der Waals surface area contributed by atoms with Crippen LogP contribution in [0.2, 0.25) is 0 Å². The Morgan fingerprint density at radius 1 is 1.21 bits per heavy atom. The lowest BCUT2D eigenvalue weighted by Crippen LogP contribution is -2.25. The molecule has 4 aromatic rings. The quantitative estimate of drug-likeness (QED) is 0.490. The van der Waals surface area contributed by atoms with Crippen molar-refractivity contribution in [3.05, 3.63) is 76.9 Å². The van der Waals surface area contributed by atoms with Crippen molar-refractivity contribution >= 4 is 28.3 Å². The fourth-order valence-electron chi connectivity index (χ4n) is 3.06. The number of aryl methyl sites for hydroxylation is 1. The van der Waals surface area contributed by atoms with Crippen molar-refractivity contribution in [3.63, 3.8) is 0 Å². The van der Waals surface area contributed by atoms with E-state index < -0.39 is 0 Å². The first-order valence-electron chi connectivity index (χ1n) is 9.30. The van der Waals surface area contributed by atoms with Crippen LogP contribution in [0.3, 0.4) is 0 Å². The zero-order chi connectivity index (χ0) is 20.2. The van der Waals surface area contributed by atoms with E-state index in [1.807, 2.05) is 66.1 Å². The largest absolute Gasteiger partial charge is 0.487 e. The van der Waals surface area contributed by atoms with Crippen LogP contribution in [0.1, 0.15) is 20.8 Å². The van der Waals surface area contributed by atoms with E-state index in [0.717, 1.165) is 27.2 Å². The highest BCUT2D eigenvalue weighted by Gasteiger charge is 2.19. The number of rotatable bonds is 7. The molecule has 0 unspecified atom stereocenters. The van der Waals surface area contributed by atoms with Crippen molar-refractivity contribution in [1.82, 2.24) is 14.9 Å². The van der Waals surface area contributed by atoms with E-state index in [0.29, 0.717) is 17.2 Å². The number of thiophene rings is 1. The molecule has 148 valence electrons. The number of aliphatic hydroxyl groups excluding tert-OH is 1. The molecular weight excluding hydrogens is 386 g/mol. The summed E-state index contributed by atoms with van der Waals surface area (Å²) < 4.78 is 8.00. The van der Waals surface area contributed by atoms with Gasteiger partial charge in [0.25, 0.3) is 5.91 Å². The smallest absolute Gasteiger partial charge is 0.265 e. The maximum Gasteiger partial charge on any atom is 0.265 e. The second-order valence-electron chi connectivity index (χ2n) is 6.58. The topological polar surface area (TPSA) is 76.4 Å². The molecule has 1 amide bonds. The minimum Gasteiger partial charge on any atom is -0.487 e. The summed E-state index contributed by atoms with van der Waals surface area (Å²) >= 11 is 1.33. The van der Waals surface area contributed by atoms with Crippen molar-refractivity contribution in [2.24, 2.45) is 0 Å². The van der Waals surface area contributed by atoms with Gasteiger partial charge in [-0.25, -0.2) is 4.98 Å². The maximum atomic E-state index is 12.6. The van der Waals surface area contributed by atoms with Gasteiger partial charge in [0.1, 0.15) is 28.6 Å². The lowest BCUT2D eigenvalue weighted by molar-refractivity contribution is 0.0945. The van der Waals surface area contributed by atoms with Gasteiger partial charge in [0.05, 0.1) is 17.6 Å². The number of hydrogen-bond donors (Lipinski definition) is 2. The first-order chi connectivity index (χ1) is 14.2. The van der Waals surface area contributed by atoms with Crippen molar-refractivity contribution in [3.8, 4) is 10.8 Å². The number of aliphatic hydroxyl groups is 1. The fourth-order valence-corrected chi connectivity index (χ4v) is 4.06. The molecule has 0 aliphatic heterocycles. The molecule has 2 N–H and O–H groups in total. The molecule has 0 saturated heterocycles. The summed E-state index contributed by atoms with van der Waals surface area (Å²) in [4.78, 5) is 17.5. The Bertz CT molecular complexity index is 1150. The minimum atomic E-state index is -0.264. The zero-order valence-corrected chi connectivity index (χ0v) is 16.8. The Morgan fingerprint density at radius 3 is 2.83 bits per heavy atom. The van der Waals surface area contributed by atoms with Crippen LogP contribution >= 0.6 is 11.3 Å². The number of hydrogen-bond acceptors (Lipinski definition) is 5. The molecule has 0 spiro atoms. The van der Waals surface area contributed by atoms with E-state index in [1.165, 1.54) is 11.3 Å². The molecule has 2 aromatic carbocycles. The number of imidazole rings is 1. The average molecular weight is 407 g/mol. The standard InChI is InChI=1S/C22H21N3O3S/c1-15-6-2-3-7-16(15)13-28-19-12-20(29-21(19)22(27)23-10-11-26)25-14-24-17-8-4-5-9-18(17)25/h2-9,12,14,26H,10-11,13H2,1H3,(H,23,27). The molecule has 0 fully saturated rings. The summed E-state index contributed by atoms with van der Waals surface area (Å²) in [5.74, 6) is 0.251. The zero-order valence-electron chi connectivity index (χ0n) is 16.0. The van der Waals surface area contributed by atoms with Gasteiger partial charge in [-0.3, -0.25) is 9.36 Å². The number of carbonyl (C=O) groups is 1. The van der Waals surface area contributed by atoms with Gasteiger partial charge < -0.3 is 15.2 Å². The summed E-state index contributed by atoms with van der Waals surface area (Å²) in [6.07, 6.45) is 1.75. The first-order valence-corrected chi connectivity index (χ1v) is 10.1. The fraction of sp³-hybridized carbons (Fsp3) is 0.182. The van der Waals surface area contributed by atoms with Crippen molar-refractivity contribution in [2.75, 3.05) is 13.2 Å². The first kappa shape index (κ1) is 19.2. The molecule has 2 aromatic heterocycles. The Morgan fingerprint density at radius 2 is 2.00 bits per heavy atom. The van der Waals surface area contributed by atoms with Crippen LogP contribution in [0.4, 0.5) is 0 Å². The van der Waals surface area contributed by atoms with Gasteiger partial charge in [0.2, 0.25) is 0 Å². The van der Waals surface area contributed by atoms with Gasteiger partial charge >= 0.3 is 0 Å². The van der Waals surface area contributed by atoms with E-state index >= 15 is 0 Å². The molecule has 6 nitrogen and oxygen atoms in total. The molecule has 0 aliphatic rings. The SMILES string of the molecule is Cc1ccccc1COc1cc(-n2cnc3ccccc32)sc1C(=O)NCCO. The third-order valence-electron chi connectivity index (χ3n) is 4.62. The van der Waals surface area contributed by atoms with Crippen LogP contribution in [0, 0.1) is 6.92 Å². The van der Waals surface area contributed by atoms with E-state index in [1.54, 1.807) is 6.33 Å². The third kappa shape index (κ3) is 4.01. The van der Waals surface area contributed by atoms with Crippen molar-refractivity contribution in [2.45, 2.75) is 13.5 Å². The van der Waals surface area contributed by atoms with Crippen LogP contribution in [0.15, 0.2) is 60.9 Å². The minimum absolute atomic E-state index is 0.116. The van der Waals surface area contributed by atoms with E-state index in [9.17, 15) is 4.79 Å². The molecule has 0 atom stereocenters. The second kappa shape index (κ2) is 8.46. The van der Waals surface area contributed by atoms with E-state index in [4.69, 9.17) is 9.84 Å². The number of aromatic nitrogens is 2. The van der Waals surface area contributed by atoms with Crippen molar-refractivity contribution in [1.29, 1.82) is 0 Å². The van der Waals surface area contributed by atoms with E-state index in [-0.39, 0.29) is 19.1 Å². The normalized spacial score (nSPS) is 11.0. The lowest BCUT2D eigenvalue weighted by Gasteiger charge is -2.09. The van der Waals surface area contributed by atoms with Gasteiger partial charge in [-0.05, 0) is 30.2 Å². The number of nitrogens with zero attached hydrogens (tertiary/aromatic N) is 2. The number of ether oxygens (including phenoxy) is 1. The molecule has 7 heteroatoms. The monoisotopic (exact) mass is 407 g/mol. The number of nitrogens with one attached hydrogen (secondary N) is 1. The molecule has 0 aliphatic carbocycles. The van der Waals surface area contributed by atoms with Gasteiger partial charge in [0, 0.05) is 12.6 Å². The lowest BCUT2D eigenvalue weighted by atomic mass is 10.1. The van der Waals surface area contributed by atoms with Crippen LogP contribution < -0.4 is 10.1 Å². The molecule has 0 radical (unpaired) electrons. The highest BCUT2D eigenvalue weighted by molar-refractivity contribution is 7.16. The van der Waals surface area contributed by atoms with Gasteiger partial charge in [-0.1, -0.05) is 36.4 Å². The van der Waals surface area contributed by atoms with Crippen molar-refractivity contribution < 1.29 is 14.6 Å². The maximum absolute atomic E-state index is 12.6. The molecule has 2 heterocycles. The molecule has 4 rings (SSSR count). The Kier molecular flexibility index (Phi) is 5.59. The summed E-state index contributed by atoms with van der Waals surface area (Å²) in [6, 6.07) is 17.7. The molecule has 0 saturated carbocycles. The number of carbonyl (C=O) groups excluding carboxylic acids is 1. The Labute approximate surface area is 172 Å². The summed E-state index contributed by atoms with van der Waals surface area (Å²) in [5, 5.41) is 12.6. The van der Waals surface area contributed by atoms with Crippen LogP contribution in [0.5, 0.6) is 5.75 Å². The predicted molar refractivity (Wildman–Crippen MR) is 114 cm³/mol. The summed E-state index contributed by atoms with van der Waals surface area (Å²) in [7, 11) is 0. The number of fused-ring (bicyclic) bond motifs is 1. The van der Waals surface area contributed by atoms with Crippen LogP contribution in [0.25, 0.3) is 16.0 Å². The number of benzene rings is 2. The Hall–Kier alpha value is -3.16. The second-order valence-corrected chi connectivity index (χ2v) is 7.61. The van der Waals surface area contributed by atoms with Gasteiger partial charge in [-0.15, -0.1) is 11.3 Å². The summed E-state index contributed by atoms with van der Waals surface area (Å²) in [5.41, 5.74) is 4.04. The van der Waals surface area contributed by atoms with Gasteiger partial charge in [-0.2, -0.15) is 0 Å². The predicted octanol–water partition coefficient (Wildman–Crippen LogP) is 3.70. The number of para-hydroxylation sites is 2. The molecular formula is C22H21N3O3S.